The summed E-state index contributed by atoms with van der Waals surface area (Å²) in [5.41, 5.74) is 0. The van der Waals surface area contributed by atoms with Crippen LogP contribution in [0.25, 0.3) is 0 Å². The predicted molar refractivity (Wildman–Crippen MR) is 16.3 cm³/mol. The maximum Gasteiger partial charge on any atom is 0.142 e. The van der Waals surface area contributed by atoms with E-state index in [4.69, 9.17) is 4.79 Å². The second-order valence-corrected chi connectivity index (χ2v) is 0.372. The predicted octanol–water partition coefficient (Wildman–Crippen LogP) is 0.371. The fraction of sp³-hybridized carbons (Fsp3) is 0. The molecular formula is C3H4ArO. The molecule has 0 fully saturated rings. The largest absolute Gasteiger partial charge is 0.299 e. The van der Waals surface area contributed by atoms with Gasteiger partial charge in [0.15, 0.2) is 0 Å². The second kappa shape index (κ2) is 8.82. The summed E-state index contributed by atoms with van der Waals surface area (Å²) >= 11 is 0. The zero-order chi connectivity index (χ0) is 3.41. The molecule has 0 aliphatic carbocycles. The number of rotatable bonds is 1. The van der Waals surface area contributed by atoms with Gasteiger partial charge in [0.05, 0.1) is 0 Å². The van der Waals surface area contributed by atoms with Gasteiger partial charge in [-0.05, 0) is 6.08 Å². The minimum absolute atomic E-state index is 0. The summed E-state index contributed by atoms with van der Waals surface area (Å²) in [6, 6.07) is 0. The van der Waals surface area contributed by atoms with E-state index in [1.54, 1.807) is 0 Å². The normalized spacial score (nSPS) is 4.00. The number of aldehydes is 1. The molecule has 0 spiro atoms. The van der Waals surface area contributed by atoms with Crippen molar-refractivity contribution in [2.75, 3.05) is 0 Å². The van der Waals surface area contributed by atoms with Crippen LogP contribution in [0.4, 0.5) is 0 Å². The van der Waals surface area contributed by atoms with Gasteiger partial charge in [-0.15, -0.1) is 0 Å². The van der Waals surface area contributed by atoms with E-state index in [0.717, 1.165) is 0 Å². The maximum atomic E-state index is 9.06. The first-order valence-corrected chi connectivity index (χ1v) is 0.977. The summed E-state index contributed by atoms with van der Waals surface area (Å²) in [5.74, 6) is 0. The van der Waals surface area contributed by atoms with Crippen LogP contribution in [-0.4, -0.2) is 6.29 Å². The van der Waals surface area contributed by atoms with Crippen LogP contribution < -0.4 is 0 Å². The summed E-state index contributed by atoms with van der Waals surface area (Å²) in [6.07, 6.45) is 1.83. The SMILES string of the molecule is C=CC=O.[Ar]. The Kier molecular flexibility index (Phi) is 16.2. The van der Waals surface area contributed by atoms with Crippen molar-refractivity contribution < 1.29 is 42.5 Å². The van der Waals surface area contributed by atoms with Crippen molar-refractivity contribution in [1.82, 2.24) is 0 Å². The molecule has 0 aromatic heterocycles. The average molecular weight is 96.0 g/mol. The minimum Gasteiger partial charge on any atom is -0.299 e. The van der Waals surface area contributed by atoms with Gasteiger partial charge in [0.2, 0.25) is 0 Å². The van der Waals surface area contributed by atoms with Crippen LogP contribution in [0, 0.1) is 37.7 Å². The molecule has 5 heavy (non-hydrogen) atoms. The van der Waals surface area contributed by atoms with Crippen molar-refractivity contribution >= 4 is 6.29 Å². The van der Waals surface area contributed by atoms with Gasteiger partial charge in [-0.1, -0.05) is 6.58 Å². The van der Waals surface area contributed by atoms with E-state index < -0.39 is 0 Å². The zero-order valence-electron chi connectivity index (χ0n) is 2.62. The fourth-order valence-electron chi connectivity index (χ4n) is 0. The van der Waals surface area contributed by atoms with Gasteiger partial charge in [0.1, 0.15) is 6.29 Å². The van der Waals surface area contributed by atoms with Gasteiger partial charge in [-0.3, -0.25) is 4.79 Å². The first kappa shape index (κ1) is 9.18. The third kappa shape index (κ3) is 11.9. The third-order valence-corrected chi connectivity index (χ3v) is 0.0962. The molecule has 0 atom stereocenters. The van der Waals surface area contributed by atoms with E-state index in [1.165, 1.54) is 6.08 Å². The Hall–Kier alpha value is 0.670. The Morgan fingerprint density at radius 2 is 1.80 bits per heavy atom. The Balaban J connectivity index is 0. The van der Waals surface area contributed by atoms with E-state index in [9.17, 15) is 0 Å². The molecule has 30 valence electrons. The van der Waals surface area contributed by atoms with Crippen molar-refractivity contribution in [1.29, 1.82) is 0 Å². The van der Waals surface area contributed by atoms with E-state index in [-0.39, 0.29) is 37.7 Å². The van der Waals surface area contributed by atoms with Gasteiger partial charge in [-0.2, -0.15) is 0 Å². The molecule has 0 unspecified atom stereocenters. The molecule has 0 saturated heterocycles. The van der Waals surface area contributed by atoms with E-state index >= 15 is 0 Å². The zero-order valence-corrected chi connectivity index (χ0v) is 3.33. The van der Waals surface area contributed by atoms with E-state index in [2.05, 4.69) is 6.58 Å². The third-order valence-electron chi connectivity index (χ3n) is 0.0962. The molecule has 0 N–H and O–H groups in total. The first-order valence-electron chi connectivity index (χ1n) is 0.977. The van der Waals surface area contributed by atoms with Crippen molar-refractivity contribution in [3.63, 3.8) is 0 Å². The van der Waals surface area contributed by atoms with Crippen molar-refractivity contribution in [3.05, 3.63) is 12.7 Å². The molecule has 0 saturated carbocycles. The van der Waals surface area contributed by atoms with Crippen molar-refractivity contribution in [3.8, 4) is 0 Å². The number of allylic oxidation sites excluding steroid dienone is 1. The monoisotopic (exact) mass is 96.0 g/mol. The molecule has 0 aromatic carbocycles. The molecule has 0 bridgehead atoms. The van der Waals surface area contributed by atoms with Gasteiger partial charge in [-0.25, -0.2) is 0 Å². The van der Waals surface area contributed by atoms with Crippen molar-refractivity contribution in [2.24, 2.45) is 0 Å². The number of carbonyl (C=O) groups excluding carboxylic acids is 1. The molecule has 0 rings (SSSR count). The number of hydrogen-bond acceptors (Lipinski definition) is 1. The number of carbonyl (C=O) groups is 1. The molecular weight excluding hydrogens is 92.0 g/mol. The summed E-state index contributed by atoms with van der Waals surface area (Å²) in [5, 5.41) is 0. The van der Waals surface area contributed by atoms with E-state index in [0.29, 0.717) is 6.29 Å². The molecule has 0 heterocycles. The Morgan fingerprint density at radius 3 is 1.80 bits per heavy atom. The van der Waals surface area contributed by atoms with Crippen LogP contribution in [-0.2, 0) is 4.79 Å². The van der Waals surface area contributed by atoms with Crippen LogP contribution >= 0.6 is 0 Å². The maximum absolute atomic E-state index is 9.06. The average Bonchev–Trinajstić information content (AvgIpc) is 1.37. The molecule has 0 amide bonds. The quantitative estimate of drug-likeness (QED) is 0.340. The minimum atomic E-state index is 0. The van der Waals surface area contributed by atoms with Gasteiger partial charge >= 0.3 is 0 Å². The van der Waals surface area contributed by atoms with Crippen molar-refractivity contribution in [2.45, 2.75) is 0 Å². The van der Waals surface area contributed by atoms with Crippen LogP contribution in [0.3, 0.4) is 0 Å². The summed E-state index contributed by atoms with van der Waals surface area (Å²) < 4.78 is 0. The van der Waals surface area contributed by atoms with Crippen LogP contribution in [0.1, 0.15) is 0 Å². The molecule has 0 radical (unpaired) electrons. The van der Waals surface area contributed by atoms with Crippen LogP contribution in [0.2, 0.25) is 0 Å². The first-order chi connectivity index (χ1) is 1.91. The molecule has 0 aromatic rings. The summed E-state index contributed by atoms with van der Waals surface area (Å²) in [4.78, 5) is 9.06. The molecule has 2 heteroatoms. The molecule has 1 nitrogen and oxygen atoms in total. The second-order valence-electron chi connectivity index (χ2n) is 0.372. The molecule has 0 aliphatic rings. The van der Waals surface area contributed by atoms with Gasteiger partial charge in [0, 0.05) is 37.7 Å². The smallest absolute Gasteiger partial charge is 0.142 e. The Morgan fingerprint density at radius 1 is 1.60 bits per heavy atom. The summed E-state index contributed by atoms with van der Waals surface area (Å²) in [7, 11) is 0. The Bertz CT molecular complexity index is 27.9. The number of hydrogen-bond donors (Lipinski definition) is 0. The fourth-order valence-corrected chi connectivity index (χ4v) is 0. The summed E-state index contributed by atoms with van der Waals surface area (Å²) in [6.45, 7) is 3.11. The Labute approximate surface area is 61.1 Å². The van der Waals surface area contributed by atoms with Crippen LogP contribution in [0.15, 0.2) is 12.7 Å². The van der Waals surface area contributed by atoms with Crippen LogP contribution in [0.5, 0.6) is 0 Å². The van der Waals surface area contributed by atoms with E-state index in [1.807, 2.05) is 0 Å². The standard InChI is InChI=1S/C3H4O.Ar/c1-2-3-4;/h2-3H,1H2;. The molecule has 0 aliphatic heterocycles. The topological polar surface area (TPSA) is 17.1 Å². The van der Waals surface area contributed by atoms with Gasteiger partial charge in [0.25, 0.3) is 0 Å². The van der Waals surface area contributed by atoms with Gasteiger partial charge < -0.3 is 0 Å².